The molecule has 6 nitrogen and oxygen atoms in total. The first-order valence-electron chi connectivity index (χ1n) is 7.08. The van der Waals surface area contributed by atoms with Crippen LogP contribution in [0.25, 0.3) is 0 Å². The number of carbonyl (C=O) groups is 2. The van der Waals surface area contributed by atoms with E-state index in [-0.39, 0.29) is 24.8 Å². The molecule has 1 heterocycles. The van der Waals surface area contributed by atoms with E-state index in [1.54, 1.807) is 7.05 Å². The minimum absolute atomic E-state index is 0.00828. The molecule has 1 aliphatic heterocycles. The highest BCUT2D eigenvalue weighted by Crippen LogP contribution is 2.08. The Kier molecular flexibility index (Phi) is 7.25. The highest BCUT2D eigenvalue weighted by Gasteiger charge is 2.30. The van der Waals surface area contributed by atoms with Gasteiger partial charge >= 0.3 is 0 Å². The first kappa shape index (κ1) is 16.7. The van der Waals surface area contributed by atoms with Crippen molar-refractivity contribution in [1.82, 2.24) is 15.1 Å². The molecule has 1 rings (SSSR count). The van der Waals surface area contributed by atoms with Gasteiger partial charge in [0, 0.05) is 33.2 Å². The number of piperazine rings is 1. The number of unbranched alkanes of at least 4 members (excludes halogenated alkanes) is 1. The molecule has 2 amide bonds. The summed E-state index contributed by atoms with van der Waals surface area (Å²) in [6, 6.07) is -0.443. The smallest absolute Gasteiger partial charge is 0.240 e. The molecule has 0 spiro atoms. The first-order chi connectivity index (χ1) is 9.60. The Morgan fingerprint density at radius 3 is 3.05 bits per heavy atom. The highest BCUT2D eigenvalue weighted by molar-refractivity contribution is 5.88. The predicted octanol–water partition coefficient (Wildman–Crippen LogP) is -0.406. The van der Waals surface area contributed by atoms with Gasteiger partial charge in [0.1, 0.15) is 0 Å². The van der Waals surface area contributed by atoms with Crippen LogP contribution in [-0.2, 0) is 9.59 Å². The van der Waals surface area contributed by atoms with E-state index in [0.29, 0.717) is 26.2 Å². The molecule has 0 aromatic heterocycles. The standard InChI is InChI=1S/C14H25N3O3/c1-3-4-5-7-17-8-6-15-12(14(17)20)11-13(19)16(2)9-10-18/h3,12,15,18H,1,4-11H2,2H3. The number of hydrogen-bond donors (Lipinski definition) is 2. The van der Waals surface area contributed by atoms with Crippen LogP contribution in [0.5, 0.6) is 0 Å². The largest absolute Gasteiger partial charge is 0.395 e. The summed E-state index contributed by atoms with van der Waals surface area (Å²) >= 11 is 0. The Hall–Kier alpha value is -1.40. The highest BCUT2D eigenvalue weighted by atomic mass is 16.3. The van der Waals surface area contributed by atoms with Gasteiger partial charge in [0.2, 0.25) is 11.8 Å². The van der Waals surface area contributed by atoms with Gasteiger partial charge in [0.15, 0.2) is 0 Å². The summed E-state index contributed by atoms with van der Waals surface area (Å²) in [4.78, 5) is 27.4. The van der Waals surface area contributed by atoms with Crippen LogP contribution in [0.15, 0.2) is 12.7 Å². The number of hydrogen-bond acceptors (Lipinski definition) is 4. The fraction of sp³-hybridized carbons (Fsp3) is 0.714. The van der Waals surface area contributed by atoms with E-state index >= 15 is 0 Å². The van der Waals surface area contributed by atoms with E-state index in [0.717, 1.165) is 12.8 Å². The summed E-state index contributed by atoms with van der Waals surface area (Å²) in [7, 11) is 1.63. The predicted molar refractivity (Wildman–Crippen MR) is 77.1 cm³/mol. The van der Waals surface area contributed by atoms with E-state index in [4.69, 9.17) is 5.11 Å². The number of rotatable bonds is 8. The van der Waals surface area contributed by atoms with Crippen molar-refractivity contribution in [3.63, 3.8) is 0 Å². The Morgan fingerprint density at radius 1 is 1.65 bits per heavy atom. The van der Waals surface area contributed by atoms with Gasteiger partial charge in [-0.15, -0.1) is 6.58 Å². The number of amides is 2. The molecule has 1 aliphatic rings. The van der Waals surface area contributed by atoms with Crippen molar-refractivity contribution < 1.29 is 14.7 Å². The Bertz CT molecular complexity index is 347. The average molecular weight is 283 g/mol. The number of aliphatic hydroxyl groups excluding tert-OH is 1. The number of nitrogens with one attached hydrogen (secondary N) is 1. The van der Waals surface area contributed by atoms with Gasteiger partial charge in [0.05, 0.1) is 19.1 Å². The lowest BCUT2D eigenvalue weighted by Crippen LogP contribution is -2.56. The van der Waals surface area contributed by atoms with E-state index < -0.39 is 6.04 Å². The molecular weight excluding hydrogens is 258 g/mol. The van der Waals surface area contributed by atoms with Crippen LogP contribution in [0.2, 0.25) is 0 Å². The number of likely N-dealkylation sites (N-methyl/N-ethyl adjacent to an activating group) is 1. The molecule has 114 valence electrons. The minimum atomic E-state index is -0.443. The van der Waals surface area contributed by atoms with Crippen molar-refractivity contribution in [3.05, 3.63) is 12.7 Å². The second-order valence-corrected chi connectivity index (χ2v) is 5.01. The topological polar surface area (TPSA) is 72.9 Å². The molecule has 0 radical (unpaired) electrons. The summed E-state index contributed by atoms with van der Waals surface area (Å²) in [6.07, 6.45) is 3.78. The van der Waals surface area contributed by atoms with Crippen molar-refractivity contribution in [2.45, 2.75) is 25.3 Å². The van der Waals surface area contributed by atoms with Gasteiger partial charge in [-0.05, 0) is 12.8 Å². The third-order valence-corrected chi connectivity index (χ3v) is 3.46. The molecule has 1 unspecified atom stereocenters. The zero-order chi connectivity index (χ0) is 15.0. The molecule has 0 aromatic rings. The van der Waals surface area contributed by atoms with Gasteiger partial charge in [-0.25, -0.2) is 0 Å². The minimum Gasteiger partial charge on any atom is -0.395 e. The number of nitrogens with zero attached hydrogens (tertiary/aromatic N) is 2. The van der Waals surface area contributed by atoms with Crippen LogP contribution in [0, 0.1) is 0 Å². The molecule has 1 fully saturated rings. The SMILES string of the molecule is C=CCCCN1CCNC(CC(=O)N(C)CCO)C1=O. The Balaban J connectivity index is 2.47. The zero-order valence-corrected chi connectivity index (χ0v) is 12.2. The van der Waals surface area contributed by atoms with Gasteiger partial charge in [-0.2, -0.15) is 0 Å². The third kappa shape index (κ3) is 4.94. The molecule has 1 saturated heterocycles. The second-order valence-electron chi connectivity index (χ2n) is 5.01. The van der Waals surface area contributed by atoms with Crippen molar-refractivity contribution in [1.29, 1.82) is 0 Å². The lowest BCUT2D eigenvalue weighted by molar-refractivity contribution is -0.140. The maximum atomic E-state index is 12.3. The van der Waals surface area contributed by atoms with Crippen LogP contribution < -0.4 is 5.32 Å². The maximum Gasteiger partial charge on any atom is 0.240 e. The van der Waals surface area contributed by atoms with Crippen molar-refractivity contribution in [2.75, 3.05) is 39.8 Å². The Morgan fingerprint density at radius 2 is 2.40 bits per heavy atom. The summed E-state index contributed by atoms with van der Waals surface area (Å²) in [6.45, 7) is 6.00. The average Bonchev–Trinajstić information content (AvgIpc) is 2.43. The van der Waals surface area contributed by atoms with Crippen LogP contribution in [0.3, 0.4) is 0 Å². The van der Waals surface area contributed by atoms with Crippen LogP contribution in [-0.4, -0.2) is 72.6 Å². The van der Waals surface area contributed by atoms with Crippen LogP contribution in [0.4, 0.5) is 0 Å². The van der Waals surface area contributed by atoms with Gasteiger partial charge < -0.3 is 20.2 Å². The molecule has 6 heteroatoms. The molecule has 0 aliphatic carbocycles. The molecule has 0 saturated carbocycles. The van der Waals surface area contributed by atoms with Gasteiger partial charge in [-0.3, -0.25) is 9.59 Å². The summed E-state index contributed by atoms with van der Waals surface area (Å²) < 4.78 is 0. The van der Waals surface area contributed by atoms with E-state index in [9.17, 15) is 9.59 Å². The van der Waals surface area contributed by atoms with Crippen molar-refractivity contribution in [2.24, 2.45) is 0 Å². The fourth-order valence-corrected chi connectivity index (χ4v) is 2.20. The summed E-state index contributed by atoms with van der Waals surface area (Å²) in [5.41, 5.74) is 0. The molecule has 20 heavy (non-hydrogen) atoms. The quantitative estimate of drug-likeness (QED) is 0.469. The molecule has 2 N–H and O–H groups in total. The van der Waals surface area contributed by atoms with Crippen molar-refractivity contribution >= 4 is 11.8 Å². The first-order valence-corrected chi connectivity index (χ1v) is 7.08. The maximum absolute atomic E-state index is 12.3. The number of aliphatic hydroxyl groups is 1. The molecule has 1 atom stereocenters. The molecular formula is C14H25N3O3. The van der Waals surface area contributed by atoms with Crippen molar-refractivity contribution in [3.8, 4) is 0 Å². The van der Waals surface area contributed by atoms with Crippen LogP contribution >= 0.6 is 0 Å². The normalized spacial score (nSPS) is 19.0. The molecule has 0 bridgehead atoms. The monoisotopic (exact) mass is 283 g/mol. The van der Waals surface area contributed by atoms with E-state index in [1.165, 1.54) is 4.90 Å². The number of carbonyl (C=O) groups excluding carboxylic acids is 2. The van der Waals surface area contributed by atoms with Gasteiger partial charge in [0.25, 0.3) is 0 Å². The molecule has 0 aromatic carbocycles. The van der Waals surface area contributed by atoms with Crippen LogP contribution in [0.1, 0.15) is 19.3 Å². The Labute approximate surface area is 120 Å². The van der Waals surface area contributed by atoms with E-state index in [1.807, 2.05) is 11.0 Å². The lowest BCUT2D eigenvalue weighted by Gasteiger charge is -2.33. The zero-order valence-electron chi connectivity index (χ0n) is 12.2. The lowest BCUT2D eigenvalue weighted by atomic mass is 10.1. The number of allylic oxidation sites excluding steroid dienone is 1. The summed E-state index contributed by atoms with van der Waals surface area (Å²) in [5, 5.41) is 11.9. The second kappa shape index (κ2) is 8.71. The third-order valence-electron chi connectivity index (χ3n) is 3.46. The van der Waals surface area contributed by atoms with E-state index in [2.05, 4.69) is 11.9 Å². The van der Waals surface area contributed by atoms with Gasteiger partial charge in [-0.1, -0.05) is 6.08 Å². The fourth-order valence-electron chi connectivity index (χ4n) is 2.20. The summed E-state index contributed by atoms with van der Waals surface area (Å²) in [5.74, 6) is -0.135.